The minimum atomic E-state index is -0.301. The summed E-state index contributed by atoms with van der Waals surface area (Å²) in [4.78, 5) is 16.5. The van der Waals surface area contributed by atoms with Gasteiger partial charge < -0.3 is 15.3 Å². The molecule has 0 atom stereocenters. The molecule has 0 saturated carbocycles. The lowest BCUT2D eigenvalue weighted by atomic mass is 9.85. The summed E-state index contributed by atoms with van der Waals surface area (Å²) in [6, 6.07) is 0. The molecule has 0 spiro atoms. The number of hydrogen-bond acceptors (Lipinski definition) is 4. The smallest absolute Gasteiger partial charge is 0.273 e. The first kappa shape index (κ1) is 14.4. The fraction of sp³-hybridized carbons (Fsp3) is 0.538. The largest absolute Gasteiger partial charge is 0.398 e. The number of carbonyl (C=O) groups excluding carboxylic acids is 1. The molecule has 0 heterocycles. The maximum atomic E-state index is 11.8. The van der Waals surface area contributed by atoms with Crippen molar-refractivity contribution < 1.29 is 14.7 Å². The quantitative estimate of drug-likeness (QED) is 0.448. The van der Waals surface area contributed by atoms with Crippen molar-refractivity contribution in [3.05, 3.63) is 22.3 Å². The van der Waals surface area contributed by atoms with Gasteiger partial charge in [-0.05, 0) is 37.8 Å². The van der Waals surface area contributed by atoms with Crippen molar-refractivity contribution >= 4 is 11.6 Å². The lowest BCUT2D eigenvalue weighted by Gasteiger charge is -2.22. The van der Waals surface area contributed by atoms with Crippen molar-refractivity contribution in [2.24, 2.45) is 5.16 Å². The Labute approximate surface area is 107 Å². The van der Waals surface area contributed by atoms with Crippen LogP contribution in [-0.2, 0) is 9.63 Å². The van der Waals surface area contributed by atoms with E-state index in [0.29, 0.717) is 12.8 Å². The third kappa shape index (κ3) is 2.98. The number of amides is 1. The van der Waals surface area contributed by atoms with E-state index < -0.39 is 0 Å². The molecule has 0 aromatic heterocycles. The maximum absolute atomic E-state index is 11.8. The van der Waals surface area contributed by atoms with Gasteiger partial charge in [0, 0.05) is 7.05 Å². The average molecular weight is 252 g/mol. The van der Waals surface area contributed by atoms with Crippen LogP contribution in [-0.4, -0.2) is 37.5 Å². The van der Waals surface area contributed by atoms with Gasteiger partial charge in [-0.25, -0.2) is 0 Å². The Morgan fingerprint density at radius 3 is 2.50 bits per heavy atom. The third-order valence-electron chi connectivity index (χ3n) is 3.18. The van der Waals surface area contributed by atoms with Crippen molar-refractivity contribution in [2.75, 3.05) is 20.8 Å². The summed E-state index contributed by atoms with van der Waals surface area (Å²) in [5.74, 6) is -0.301. The molecule has 0 bridgehead atoms. The highest BCUT2D eigenvalue weighted by molar-refractivity contribution is 6.45. The van der Waals surface area contributed by atoms with E-state index in [1.54, 1.807) is 7.05 Å². The number of aliphatic hydroxyl groups is 1. The summed E-state index contributed by atoms with van der Waals surface area (Å²) < 4.78 is 0. The fourth-order valence-electron chi connectivity index (χ4n) is 1.96. The molecule has 1 aliphatic carbocycles. The van der Waals surface area contributed by atoms with E-state index in [0.717, 1.165) is 11.1 Å². The normalized spacial score (nSPS) is 17.1. The number of carbonyl (C=O) groups is 1. The average Bonchev–Trinajstić information content (AvgIpc) is 2.38. The molecule has 0 aromatic rings. The zero-order chi connectivity index (χ0) is 13.7. The van der Waals surface area contributed by atoms with Crippen LogP contribution >= 0.6 is 0 Å². The zero-order valence-electron chi connectivity index (χ0n) is 11.3. The summed E-state index contributed by atoms with van der Waals surface area (Å²) in [6.45, 7) is 3.99. The zero-order valence-corrected chi connectivity index (χ0v) is 11.3. The Balaban J connectivity index is 3.18. The van der Waals surface area contributed by atoms with Crippen LogP contribution in [0, 0.1) is 0 Å². The molecule has 100 valence electrons. The Hall–Kier alpha value is -1.62. The van der Waals surface area contributed by atoms with Crippen molar-refractivity contribution in [1.29, 1.82) is 0 Å². The molecule has 0 radical (unpaired) electrons. The third-order valence-corrected chi connectivity index (χ3v) is 3.18. The fourth-order valence-corrected chi connectivity index (χ4v) is 1.96. The first-order chi connectivity index (χ1) is 8.54. The molecule has 1 aliphatic rings. The van der Waals surface area contributed by atoms with Crippen LogP contribution in [0.15, 0.2) is 27.4 Å². The number of nitrogens with zero attached hydrogens (tertiary/aromatic N) is 1. The summed E-state index contributed by atoms with van der Waals surface area (Å²) >= 11 is 0. The second kappa shape index (κ2) is 6.35. The summed E-state index contributed by atoms with van der Waals surface area (Å²) in [5.41, 5.74) is 4.28. The van der Waals surface area contributed by atoms with Gasteiger partial charge in [0.1, 0.15) is 7.11 Å². The van der Waals surface area contributed by atoms with Gasteiger partial charge in [0.2, 0.25) is 0 Å². The Kier molecular flexibility index (Phi) is 5.09. The number of aliphatic hydroxyl groups excluding tert-OH is 1. The maximum Gasteiger partial charge on any atom is 0.273 e. The molecule has 0 fully saturated rings. The predicted molar refractivity (Wildman–Crippen MR) is 70.2 cm³/mol. The molecule has 18 heavy (non-hydrogen) atoms. The van der Waals surface area contributed by atoms with E-state index >= 15 is 0 Å². The molecular formula is C13H20N2O3. The lowest BCUT2D eigenvalue weighted by molar-refractivity contribution is -0.114. The molecule has 0 aromatic carbocycles. The molecule has 1 amide bonds. The summed E-state index contributed by atoms with van der Waals surface area (Å²) in [6.07, 6.45) is 1.30. The van der Waals surface area contributed by atoms with E-state index in [1.165, 1.54) is 18.3 Å². The van der Waals surface area contributed by atoms with Gasteiger partial charge >= 0.3 is 0 Å². The highest BCUT2D eigenvalue weighted by Gasteiger charge is 2.24. The van der Waals surface area contributed by atoms with Gasteiger partial charge in [-0.15, -0.1) is 0 Å². The highest BCUT2D eigenvalue weighted by atomic mass is 16.6. The number of oxime groups is 1. The van der Waals surface area contributed by atoms with E-state index in [2.05, 4.69) is 10.5 Å². The number of rotatable bonds is 4. The lowest BCUT2D eigenvalue weighted by Crippen LogP contribution is -2.31. The molecule has 5 nitrogen and oxygen atoms in total. The van der Waals surface area contributed by atoms with E-state index in [4.69, 9.17) is 4.84 Å². The molecule has 0 unspecified atom stereocenters. The number of allylic oxidation sites excluding steroid dienone is 2. The van der Waals surface area contributed by atoms with Crippen molar-refractivity contribution in [3.63, 3.8) is 0 Å². The van der Waals surface area contributed by atoms with Crippen LogP contribution in [0.25, 0.3) is 0 Å². The second-order valence-electron chi connectivity index (χ2n) is 4.36. The summed E-state index contributed by atoms with van der Waals surface area (Å²) in [7, 11) is 2.95. The predicted octanol–water partition coefficient (Wildman–Crippen LogP) is 1.15. The van der Waals surface area contributed by atoms with Crippen LogP contribution in [0.3, 0.4) is 0 Å². The van der Waals surface area contributed by atoms with Crippen LogP contribution < -0.4 is 5.32 Å². The van der Waals surface area contributed by atoms with Gasteiger partial charge in [0.25, 0.3) is 5.91 Å². The second-order valence-corrected chi connectivity index (χ2v) is 4.36. The first-order valence-electron chi connectivity index (χ1n) is 5.85. The molecule has 0 saturated heterocycles. The molecule has 0 aliphatic heterocycles. The van der Waals surface area contributed by atoms with Gasteiger partial charge in [-0.1, -0.05) is 16.3 Å². The topological polar surface area (TPSA) is 70.9 Å². The van der Waals surface area contributed by atoms with Crippen molar-refractivity contribution in [1.82, 2.24) is 5.32 Å². The SMILES string of the molecule is CNC(=O)/C(=N/OC)C1=C(CO)CC(C)=C(C)C1. The number of nitrogens with one attached hydrogen (secondary N) is 1. The monoisotopic (exact) mass is 252 g/mol. The minimum absolute atomic E-state index is 0.0698. The Bertz CT molecular complexity index is 434. The van der Waals surface area contributed by atoms with Crippen LogP contribution in [0.1, 0.15) is 26.7 Å². The summed E-state index contributed by atoms with van der Waals surface area (Å²) in [5, 5.41) is 15.8. The highest BCUT2D eigenvalue weighted by Crippen LogP contribution is 2.30. The van der Waals surface area contributed by atoms with Gasteiger partial charge in [0.05, 0.1) is 6.61 Å². The molecule has 1 rings (SSSR count). The first-order valence-corrected chi connectivity index (χ1v) is 5.85. The van der Waals surface area contributed by atoms with Gasteiger partial charge in [0.15, 0.2) is 5.71 Å². The van der Waals surface area contributed by atoms with E-state index in [9.17, 15) is 9.90 Å². The van der Waals surface area contributed by atoms with Gasteiger partial charge in [-0.3, -0.25) is 4.79 Å². The molecular weight excluding hydrogens is 232 g/mol. The minimum Gasteiger partial charge on any atom is -0.398 e. The Morgan fingerprint density at radius 1 is 1.39 bits per heavy atom. The van der Waals surface area contributed by atoms with E-state index in [-0.39, 0.29) is 18.2 Å². The standard InChI is InChI=1S/C13H20N2O3/c1-8-5-10(7-16)11(6-9(8)2)12(15-18-4)13(17)14-3/h16H,5-7H2,1-4H3,(H,14,17)/b15-12+. The van der Waals surface area contributed by atoms with Crippen LogP contribution in [0.5, 0.6) is 0 Å². The van der Waals surface area contributed by atoms with Gasteiger partial charge in [-0.2, -0.15) is 0 Å². The molecule has 2 N–H and O–H groups in total. The van der Waals surface area contributed by atoms with Crippen LogP contribution in [0.2, 0.25) is 0 Å². The van der Waals surface area contributed by atoms with E-state index in [1.807, 2.05) is 13.8 Å². The van der Waals surface area contributed by atoms with Crippen LogP contribution in [0.4, 0.5) is 0 Å². The Morgan fingerprint density at radius 2 is 2.00 bits per heavy atom. The number of hydrogen-bond donors (Lipinski definition) is 2. The van der Waals surface area contributed by atoms with Crippen molar-refractivity contribution in [2.45, 2.75) is 26.7 Å². The molecule has 5 heteroatoms. The van der Waals surface area contributed by atoms with Crippen molar-refractivity contribution in [3.8, 4) is 0 Å².